The highest BCUT2D eigenvalue weighted by atomic mass is 127. The van der Waals surface area contributed by atoms with Gasteiger partial charge >= 0.3 is 0 Å². The third-order valence-electron chi connectivity index (χ3n) is 5.73. The van der Waals surface area contributed by atoms with Crippen molar-refractivity contribution in [2.45, 2.75) is 23.2 Å². The maximum Gasteiger partial charge on any atom is 0.139 e. The molecule has 0 aliphatic heterocycles. The molecule has 0 saturated heterocycles. The second-order valence-electron chi connectivity index (χ2n) is 8.16. The van der Waals surface area contributed by atoms with E-state index in [1.807, 2.05) is 0 Å². The highest BCUT2D eigenvalue weighted by Gasteiger charge is 2.19. The zero-order chi connectivity index (χ0) is 22.3. The molecule has 0 saturated carbocycles. The Balaban J connectivity index is 1.55. The summed E-state index contributed by atoms with van der Waals surface area (Å²) in [5.74, 6) is 0. The molecule has 0 amide bonds. The molecule has 0 aromatic heterocycles. The molecule has 0 bridgehead atoms. The van der Waals surface area contributed by atoms with Crippen LogP contribution < -0.4 is 16.1 Å². The lowest BCUT2D eigenvalue weighted by molar-refractivity contribution is 0.396. The molecular formula is C28H28BIN2. The van der Waals surface area contributed by atoms with Crippen LogP contribution in [-0.4, -0.2) is 7.85 Å². The van der Waals surface area contributed by atoms with Gasteiger partial charge in [0.1, 0.15) is 7.85 Å². The van der Waals surface area contributed by atoms with Gasteiger partial charge in [-0.05, 0) is 40.8 Å². The topological polar surface area (TPSA) is 24.1 Å². The molecule has 32 heavy (non-hydrogen) atoms. The second kappa shape index (κ2) is 10.9. The summed E-state index contributed by atoms with van der Waals surface area (Å²) in [5.41, 5.74) is 7.54. The number of halogens is 1. The molecule has 0 fully saturated rings. The number of hydrogen-bond acceptors (Lipinski definition) is 2. The smallest absolute Gasteiger partial charge is 0.139 e. The Morgan fingerprint density at radius 2 is 1.22 bits per heavy atom. The summed E-state index contributed by atoms with van der Waals surface area (Å²) >= 11 is 2.50. The van der Waals surface area contributed by atoms with Gasteiger partial charge < -0.3 is 0 Å². The molecule has 4 heteroatoms. The van der Waals surface area contributed by atoms with E-state index < -0.39 is 0 Å². The maximum absolute atomic E-state index is 3.81. The van der Waals surface area contributed by atoms with Crippen LogP contribution in [0.25, 0.3) is 11.1 Å². The molecule has 2 nitrogen and oxygen atoms in total. The first-order valence-electron chi connectivity index (χ1n) is 11.0. The van der Waals surface area contributed by atoms with Crippen molar-refractivity contribution in [2.75, 3.05) is 0 Å². The third kappa shape index (κ3) is 5.88. The third-order valence-corrected chi connectivity index (χ3v) is 6.81. The Kier molecular flexibility index (Phi) is 7.79. The monoisotopic (exact) mass is 530 g/mol. The van der Waals surface area contributed by atoms with Crippen LogP contribution in [0, 0.1) is 0 Å². The van der Waals surface area contributed by atoms with Gasteiger partial charge in [0.15, 0.2) is 0 Å². The van der Waals surface area contributed by atoms with E-state index in [0.717, 1.165) is 0 Å². The van der Waals surface area contributed by atoms with E-state index in [4.69, 9.17) is 0 Å². The van der Waals surface area contributed by atoms with Crippen molar-refractivity contribution in [3.05, 3.63) is 126 Å². The number of alkyl halides is 1. The summed E-state index contributed by atoms with van der Waals surface area (Å²) in [6.07, 6.45) is 0.0244. The van der Waals surface area contributed by atoms with Gasteiger partial charge in [0, 0.05) is 6.04 Å². The fraction of sp³-hybridized carbons (Fsp3) is 0.143. The molecule has 160 valence electrons. The van der Waals surface area contributed by atoms with E-state index in [2.05, 4.69) is 157 Å². The fourth-order valence-electron chi connectivity index (χ4n) is 3.84. The molecule has 0 spiro atoms. The minimum atomic E-state index is 0.0244. The first-order chi connectivity index (χ1) is 15.6. The van der Waals surface area contributed by atoms with Crippen LogP contribution in [0.2, 0.25) is 0 Å². The zero-order valence-electron chi connectivity index (χ0n) is 18.5. The van der Waals surface area contributed by atoms with E-state index in [-0.39, 0.29) is 16.3 Å². The van der Waals surface area contributed by atoms with Gasteiger partial charge in [-0.25, -0.2) is 0 Å². The van der Waals surface area contributed by atoms with Crippen LogP contribution in [0.4, 0.5) is 0 Å². The number of benzene rings is 4. The van der Waals surface area contributed by atoms with Crippen molar-refractivity contribution < 1.29 is 0 Å². The van der Waals surface area contributed by atoms with Gasteiger partial charge in [-0.2, -0.15) is 0 Å². The summed E-state index contributed by atoms with van der Waals surface area (Å²) in [6.45, 7) is 2.22. The van der Waals surface area contributed by atoms with Gasteiger partial charge in [-0.15, -0.1) is 0 Å². The van der Waals surface area contributed by atoms with Gasteiger partial charge in [0.05, 0.1) is 10.2 Å². The largest absolute Gasteiger partial charge is 0.291 e. The lowest BCUT2D eigenvalue weighted by Gasteiger charge is -2.28. The Morgan fingerprint density at radius 3 is 1.88 bits per heavy atom. The fourth-order valence-corrected chi connectivity index (χ4v) is 4.59. The van der Waals surface area contributed by atoms with E-state index in [1.54, 1.807) is 0 Å². The Labute approximate surface area is 206 Å². The highest BCUT2D eigenvalue weighted by molar-refractivity contribution is 14.1. The molecule has 3 atom stereocenters. The number of rotatable bonds is 8. The summed E-state index contributed by atoms with van der Waals surface area (Å²) in [4.78, 5) is 0. The van der Waals surface area contributed by atoms with Crippen LogP contribution in [0.1, 0.15) is 39.9 Å². The molecule has 2 N–H and O–H groups in total. The second-order valence-corrected chi connectivity index (χ2v) is 9.41. The van der Waals surface area contributed by atoms with Gasteiger partial charge in [0.2, 0.25) is 0 Å². The molecule has 0 aliphatic rings. The maximum atomic E-state index is 3.81. The van der Waals surface area contributed by atoms with Crippen LogP contribution >= 0.6 is 22.6 Å². The minimum absolute atomic E-state index is 0.0244. The van der Waals surface area contributed by atoms with Crippen molar-refractivity contribution in [2.24, 2.45) is 0 Å². The van der Waals surface area contributed by atoms with Gasteiger partial charge in [0.25, 0.3) is 0 Å². The lowest BCUT2D eigenvalue weighted by Crippen LogP contribution is -2.36. The normalized spacial score (nSPS) is 13.9. The molecular weight excluding hydrogens is 502 g/mol. The Hall–Kier alpha value is -2.41. The van der Waals surface area contributed by atoms with Crippen molar-refractivity contribution in [1.82, 2.24) is 10.6 Å². The molecule has 4 aromatic rings. The molecule has 3 unspecified atom stereocenters. The highest BCUT2D eigenvalue weighted by Crippen LogP contribution is 2.29. The van der Waals surface area contributed by atoms with Gasteiger partial charge in [-0.1, -0.05) is 131 Å². The molecule has 4 rings (SSSR count). The van der Waals surface area contributed by atoms with Crippen LogP contribution in [-0.2, 0) is 0 Å². The average Bonchev–Trinajstić information content (AvgIpc) is 2.85. The molecule has 0 heterocycles. The summed E-state index contributed by atoms with van der Waals surface area (Å²) in [5, 5.41) is 7.60. The Morgan fingerprint density at radius 1 is 0.625 bits per heavy atom. The van der Waals surface area contributed by atoms with Crippen LogP contribution in [0.5, 0.6) is 0 Å². The molecule has 0 aliphatic carbocycles. The SMILES string of the molecule is Bc1ccc(-c2cccc(C(I)NC(NC(C)c3ccccc3)c3ccccc3)c2)cc1. The first kappa shape index (κ1) is 22.8. The summed E-state index contributed by atoms with van der Waals surface area (Å²) < 4.78 is 0.152. The summed E-state index contributed by atoms with van der Waals surface area (Å²) in [7, 11) is 2.12. The summed E-state index contributed by atoms with van der Waals surface area (Å²) in [6, 6.07) is 39.0. The van der Waals surface area contributed by atoms with E-state index >= 15 is 0 Å². The van der Waals surface area contributed by atoms with E-state index in [9.17, 15) is 0 Å². The predicted octanol–water partition coefficient (Wildman–Crippen LogP) is 5.68. The van der Waals surface area contributed by atoms with Crippen LogP contribution in [0.15, 0.2) is 109 Å². The van der Waals surface area contributed by atoms with E-state index in [0.29, 0.717) is 0 Å². The number of nitrogens with one attached hydrogen (secondary N) is 2. The van der Waals surface area contributed by atoms with Crippen molar-refractivity contribution in [3.8, 4) is 11.1 Å². The quantitative estimate of drug-likeness (QED) is 0.101. The standard InChI is InChI=1S/C28H28BIN2/c1-20(21-9-4-2-5-10-21)31-28(23-11-6-3-7-12-23)32-27(30)25-14-8-13-24(19-25)22-15-17-26(29)18-16-22/h2-20,27-28,31-32H,29H2,1H3. The zero-order valence-corrected chi connectivity index (χ0v) is 20.7. The Bertz CT molecular complexity index is 1120. The van der Waals surface area contributed by atoms with E-state index in [1.165, 1.54) is 33.3 Å². The van der Waals surface area contributed by atoms with Gasteiger partial charge in [-0.3, -0.25) is 10.6 Å². The average molecular weight is 530 g/mol. The molecule has 0 radical (unpaired) electrons. The van der Waals surface area contributed by atoms with Crippen LogP contribution in [0.3, 0.4) is 0 Å². The van der Waals surface area contributed by atoms with Crippen molar-refractivity contribution in [1.29, 1.82) is 0 Å². The minimum Gasteiger partial charge on any atom is -0.291 e. The van der Waals surface area contributed by atoms with Crippen molar-refractivity contribution >= 4 is 35.9 Å². The predicted molar refractivity (Wildman–Crippen MR) is 147 cm³/mol. The molecule has 4 aromatic carbocycles. The number of hydrogen-bond donors (Lipinski definition) is 2. The van der Waals surface area contributed by atoms with Crippen molar-refractivity contribution in [3.63, 3.8) is 0 Å². The first-order valence-corrected chi connectivity index (χ1v) is 12.3. The lowest BCUT2D eigenvalue weighted by atomic mass is 9.93.